The smallest absolute Gasteiger partial charge is 0.255 e. The topological polar surface area (TPSA) is 94.3 Å². The van der Waals surface area contributed by atoms with Gasteiger partial charge in [-0.15, -0.1) is 0 Å². The van der Waals surface area contributed by atoms with Crippen LogP contribution < -0.4 is 15.8 Å². The lowest BCUT2D eigenvalue weighted by molar-refractivity contribution is -0.119. The molecule has 1 heterocycles. The molecule has 0 aliphatic rings. The molecule has 0 radical (unpaired) electrons. The van der Waals surface area contributed by atoms with E-state index in [0.717, 1.165) is 0 Å². The van der Waals surface area contributed by atoms with Gasteiger partial charge in [-0.05, 0) is 24.3 Å². The molecule has 2 aromatic rings. The van der Waals surface area contributed by atoms with Crippen molar-refractivity contribution in [3.63, 3.8) is 0 Å². The molecule has 3 N–H and O–H groups in total. The number of halogens is 1. The van der Waals surface area contributed by atoms with Crippen LogP contribution in [0.2, 0.25) is 5.15 Å². The molecule has 0 fully saturated rings. The highest BCUT2D eigenvalue weighted by atomic mass is 35.5. The number of aromatic nitrogens is 1. The molecule has 1 aromatic carbocycles. The third kappa shape index (κ3) is 4.47. The van der Waals surface area contributed by atoms with Gasteiger partial charge in [-0.25, -0.2) is 4.98 Å². The van der Waals surface area contributed by atoms with E-state index in [1.54, 1.807) is 30.3 Å². The zero-order valence-electron chi connectivity index (χ0n) is 10.9. The van der Waals surface area contributed by atoms with Crippen molar-refractivity contribution in [1.82, 2.24) is 4.98 Å². The molecule has 0 aliphatic heterocycles. The lowest BCUT2D eigenvalue weighted by Gasteiger charge is -2.08. The van der Waals surface area contributed by atoms with Gasteiger partial charge in [-0.2, -0.15) is 0 Å². The number of ether oxygens (including phenoxy) is 1. The zero-order valence-corrected chi connectivity index (χ0v) is 11.6. The minimum Gasteiger partial charge on any atom is -0.484 e. The number of hydrogen-bond donors (Lipinski definition) is 2. The third-order valence-electron chi connectivity index (χ3n) is 2.46. The molecule has 0 spiro atoms. The first kappa shape index (κ1) is 14.8. The second-order valence-corrected chi connectivity index (χ2v) is 4.49. The number of nitrogens with zero attached hydrogens (tertiary/aromatic N) is 1. The van der Waals surface area contributed by atoms with Gasteiger partial charge in [0.25, 0.3) is 11.8 Å². The highest BCUT2D eigenvalue weighted by molar-refractivity contribution is 6.29. The van der Waals surface area contributed by atoms with Crippen molar-refractivity contribution in [1.29, 1.82) is 0 Å². The molecule has 1 aromatic heterocycles. The highest BCUT2D eigenvalue weighted by Crippen LogP contribution is 2.18. The number of carbonyl (C=O) groups is 2. The molecule has 21 heavy (non-hydrogen) atoms. The maximum Gasteiger partial charge on any atom is 0.255 e. The lowest BCUT2D eigenvalue weighted by atomic mass is 10.2. The van der Waals surface area contributed by atoms with Crippen molar-refractivity contribution in [2.45, 2.75) is 0 Å². The largest absolute Gasteiger partial charge is 0.484 e. The first-order valence-electron chi connectivity index (χ1n) is 5.98. The van der Waals surface area contributed by atoms with Crippen LogP contribution in [0.15, 0.2) is 42.6 Å². The number of nitrogens with one attached hydrogen (secondary N) is 1. The predicted molar refractivity (Wildman–Crippen MR) is 78.3 cm³/mol. The summed E-state index contributed by atoms with van der Waals surface area (Å²) in [5.41, 5.74) is 5.91. The molecule has 0 aliphatic carbocycles. The summed E-state index contributed by atoms with van der Waals surface area (Å²) in [4.78, 5) is 26.5. The Bertz CT molecular complexity index is 676. The molecule has 0 bridgehead atoms. The van der Waals surface area contributed by atoms with Crippen molar-refractivity contribution in [3.8, 4) is 5.75 Å². The van der Waals surface area contributed by atoms with Gasteiger partial charge in [0.1, 0.15) is 10.9 Å². The Hall–Kier alpha value is -2.60. The summed E-state index contributed by atoms with van der Waals surface area (Å²) in [5.74, 6) is -0.471. The van der Waals surface area contributed by atoms with Crippen LogP contribution in [0.3, 0.4) is 0 Å². The van der Waals surface area contributed by atoms with E-state index in [-0.39, 0.29) is 17.7 Å². The zero-order chi connectivity index (χ0) is 15.2. The van der Waals surface area contributed by atoms with Gasteiger partial charge in [-0.1, -0.05) is 17.7 Å². The summed E-state index contributed by atoms with van der Waals surface area (Å²) in [5, 5.41) is 2.93. The number of benzene rings is 1. The third-order valence-corrected chi connectivity index (χ3v) is 2.67. The lowest BCUT2D eigenvalue weighted by Crippen LogP contribution is -2.20. The van der Waals surface area contributed by atoms with E-state index in [1.165, 1.54) is 12.3 Å². The molecule has 108 valence electrons. The first-order valence-corrected chi connectivity index (χ1v) is 6.36. The first-order chi connectivity index (χ1) is 10.0. The Morgan fingerprint density at radius 3 is 2.81 bits per heavy atom. The van der Waals surface area contributed by atoms with Crippen LogP contribution >= 0.6 is 11.6 Å². The van der Waals surface area contributed by atoms with Gasteiger partial charge in [0.15, 0.2) is 6.61 Å². The molecule has 0 saturated heterocycles. The maximum absolute atomic E-state index is 12.0. The number of amides is 2. The van der Waals surface area contributed by atoms with Crippen molar-refractivity contribution in [3.05, 3.63) is 53.3 Å². The van der Waals surface area contributed by atoms with Crippen LogP contribution in [0, 0.1) is 0 Å². The second kappa shape index (κ2) is 6.71. The van der Waals surface area contributed by atoms with Crippen molar-refractivity contribution in [2.24, 2.45) is 5.73 Å². The van der Waals surface area contributed by atoms with Crippen LogP contribution in [0.1, 0.15) is 10.4 Å². The van der Waals surface area contributed by atoms with E-state index < -0.39 is 5.91 Å². The number of hydrogen-bond acceptors (Lipinski definition) is 4. The van der Waals surface area contributed by atoms with E-state index in [9.17, 15) is 9.59 Å². The Kier molecular flexibility index (Phi) is 4.73. The summed E-state index contributed by atoms with van der Waals surface area (Å²) in [7, 11) is 0. The van der Waals surface area contributed by atoms with Gasteiger partial charge in [-0.3, -0.25) is 9.59 Å². The van der Waals surface area contributed by atoms with Gasteiger partial charge in [0.2, 0.25) is 0 Å². The van der Waals surface area contributed by atoms with E-state index in [2.05, 4.69) is 10.3 Å². The number of pyridine rings is 1. The Labute approximate surface area is 125 Å². The molecular weight excluding hydrogens is 294 g/mol. The van der Waals surface area contributed by atoms with Crippen LogP contribution in [0.25, 0.3) is 0 Å². The molecule has 0 atom stereocenters. The highest BCUT2D eigenvalue weighted by Gasteiger charge is 2.07. The normalized spacial score (nSPS) is 9.95. The average Bonchev–Trinajstić information content (AvgIpc) is 2.45. The molecule has 2 amide bonds. The Balaban J connectivity index is 2.07. The predicted octanol–water partition coefficient (Wildman–Crippen LogP) is 1.85. The van der Waals surface area contributed by atoms with E-state index in [4.69, 9.17) is 22.1 Å². The summed E-state index contributed by atoms with van der Waals surface area (Å²) < 4.78 is 5.16. The average molecular weight is 306 g/mol. The minimum absolute atomic E-state index is 0.225. The number of primary amides is 1. The van der Waals surface area contributed by atoms with Crippen molar-refractivity contribution < 1.29 is 14.3 Å². The number of carbonyl (C=O) groups excluding carboxylic acids is 2. The summed E-state index contributed by atoms with van der Waals surface area (Å²) in [6.45, 7) is -0.225. The number of nitrogens with two attached hydrogens (primary N) is 1. The van der Waals surface area contributed by atoms with Crippen molar-refractivity contribution in [2.75, 3.05) is 11.9 Å². The molecule has 2 rings (SSSR count). The molecule has 6 nitrogen and oxygen atoms in total. The Morgan fingerprint density at radius 2 is 2.10 bits per heavy atom. The van der Waals surface area contributed by atoms with Gasteiger partial charge < -0.3 is 15.8 Å². The van der Waals surface area contributed by atoms with E-state index >= 15 is 0 Å². The van der Waals surface area contributed by atoms with Crippen molar-refractivity contribution >= 4 is 29.1 Å². The van der Waals surface area contributed by atoms with E-state index in [0.29, 0.717) is 17.0 Å². The standard InChI is InChI=1S/C14H12ClN3O3/c15-12-6-9(4-5-17-12)14(20)18-10-2-1-3-11(7-10)21-8-13(16)19/h1-7H,8H2,(H2,16,19)(H,18,20). The fourth-order valence-electron chi connectivity index (χ4n) is 1.57. The number of rotatable bonds is 5. The minimum atomic E-state index is -0.573. The quantitative estimate of drug-likeness (QED) is 0.824. The summed E-state index contributed by atoms with van der Waals surface area (Å²) in [6, 6.07) is 9.63. The van der Waals surface area contributed by atoms with E-state index in [1.807, 2.05) is 0 Å². The van der Waals surface area contributed by atoms with Crippen LogP contribution in [-0.4, -0.2) is 23.4 Å². The monoisotopic (exact) mass is 305 g/mol. The van der Waals surface area contributed by atoms with Gasteiger partial charge in [0, 0.05) is 23.5 Å². The second-order valence-electron chi connectivity index (χ2n) is 4.10. The van der Waals surface area contributed by atoms with Crippen LogP contribution in [0.5, 0.6) is 5.75 Å². The van der Waals surface area contributed by atoms with Crippen LogP contribution in [-0.2, 0) is 4.79 Å². The summed E-state index contributed by atoms with van der Waals surface area (Å²) >= 11 is 5.73. The molecule has 0 unspecified atom stereocenters. The maximum atomic E-state index is 12.0. The fraction of sp³-hybridized carbons (Fsp3) is 0.0714. The SMILES string of the molecule is NC(=O)COc1cccc(NC(=O)c2ccnc(Cl)c2)c1. The molecular formula is C14H12ClN3O3. The van der Waals surface area contributed by atoms with Gasteiger partial charge >= 0.3 is 0 Å². The Morgan fingerprint density at radius 1 is 1.29 bits per heavy atom. The molecule has 0 saturated carbocycles. The van der Waals surface area contributed by atoms with Crippen LogP contribution in [0.4, 0.5) is 5.69 Å². The summed E-state index contributed by atoms with van der Waals surface area (Å²) in [6.07, 6.45) is 1.45. The number of anilines is 1. The van der Waals surface area contributed by atoms with Gasteiger partial charge in [0.05, 0.1) is 0 Å². The fourth-order valence-corrected chi connectivity index (χ4v) is 1.74. The molecule has 7 heteroatoms.